The summed E-state index contributed by atoms with van der Waals surface area (Å²) >= 11 is 3.11. The van der Waals surface area contributed by atoms with E-state index >= 15 is 0 Å². The van der Waals surface area contributed by atoms with E-state index in [2.05, 4.69) is 31.7 Å². The Kier molecular flexibility index (Phi) is 7.89. The number of carbonyl (C=O) groups excluding carboxylic acids is 2. The highest BCUT2D eigenvalue weighted by molar-refractivity contribution is 9.10. The van der Waals surface area contributed by atoms with Crippen LogP contribution in [0.3, 0.4) is 0 Å². The Morgan fingerprint density at radius 1 is 1.17 bits per heavy atom. The molecule has 0 aliphatic carbocycles. The summed E-state index contributed by atoms with van der Waals surface area (Å²) in [5, 5.41) is 26.1. The van der Waals surface area contributed by atoms with E-state index in [9.17, 15) is 23.6 Å². The van der Waals surface area contributed by atoms with Crippen molar-refractivity contribution in [1.82, 2.24) is 10.6 Å². The van der Waals surface area contributed by atoms with E-state index in [-0.39, 0.29) is 12.0 Å². The molecule has 4 N–H and O–H groups in total. The van der Waals surface area contributed by atoms with Gasteiger partial charge in [-0.25, -0.2) is 4.39 Å². The molecule has 0 atom stereocenters. The van der Waals surface area contributed by atoms with Crippen molar-refractivity contribution in [3.8, 4) is 0 Å². The fourth-order valence-electron chi connectivity index (χ4n) is 2.52. The van der Waals surface area contributed by atoms with Crippen LogP contribution in [0.4, 0.5) is 4.39 Å². The highest BCUT2D eigenvalue weighted by Gasteiger charge is 2.43. The summed E-state index contributed by atoms with van der Waals surface area (Å²) in [6.45, 7) is -0.451. The average Bonchev–Trinajstić information content (AvgIpc) is 2.65. The van der Waals surface area contributed by atoms with Gasteiger partial charge >= 0.3 is 19.1 Å². The molecule has 160 valence electrons. The molecule has 0 radical (unpaired) electrons. The first-order chi connectivity index (χ1) is 14.1. The van der Waals surface area contributed by atoms with Crippen molar-refractivity contribution in [1.29, 1.82) is 0 Å². The number of carboxylic acid groups (broad SMARTS) is 2. The molecule has 0 aromatic heterocycles. The molecule has 2 rings (SSSR count). The number of carbonyl (C=O) groups is 4. The van der Waals surface area contributed by atoms with Gasteiger partial charge in [0.25, 0.3) is 5.91 Å². The fraction of sp³-hybridized carbons (Fsp3) is 0.312. The van der Waals surface area contributed by atoms with Crippen molar-refractivity contribution in [2.24, 2.45) is 5.16 Å². The average molecular weight is 488 g/mol. The number of hydrogen-bond acceptors (Lipinski definition) is 7. The van der Waals surface area contributed by atoms with Crippen molar-refractivity contribution in [3.63, 3.8) is 0 Å². The predicted molar refractivity (Wildman–Crippen MR) is 103 cm³/mol. The summed E-state index contributed by atoms with van der Waals surface area (Å²) in [4.78, 5) is 46.0. The third-order valence-electron chi connectivity index (χ3n) is 3.78. The van der Waals surface area contributed by atoms with Crippen molar-refractivity contribution < 1.29 is 43.2 Å². The third-order valence-corrected chi connectivity index (χ3v) is 4.47. The van der Waals surface area contributed by atoms with Crippen LogP contribution in [0, 0.1) is 5.82 Å². The van der Waals surface area contributed by atoms with E-state index in [0.717, 1.165) is 18.3 Å². The van der Waals surface area contributed by atoms with Crippen LogP contribution < -0.4 is 10.6 Å². The summed E-state index contributed by atoms with van der Waals surface area (Å²) in [6, 6.07) is 3.52. The van der Waals surface area contributed by atoms with Gasteiger partial charge < -0.3 is 30.3 Å². The molecule has 1 aliphatic heterocycles. The van der Waals surface area contributed by atoms with Crippen LogP contribution in [-0.2, 0) is 23.8 Å². The molecule has 11 nitrogen and oxygen atoms in total. The third kappa shape index (κ3) is 6.81. The van der Waals surface area contributed by atoms with E-state index in [0.29, 0.717) is 4.47 Å². The van der Waals surface area contributed by atoms with Crippen LogP contribution in [0.1, 0.15) is 23.2 Å². The largest absolute Gasteiger partial charge is 0.570 e. The molecule has 1 aliphatic rings. The monoisotopic (exact) mass is 487 g/mol. The quantitative estimate of drug-likeness (QED) is 0.358. The zero-order valence-electron chi connectivity index (χ0n) is 15.3. The molecule has 1 aromatic rings. The van der Waals surface area contributed by atoms with E-state index in [4.69, 9.17) is 19.6 Å². The van der Waals surface area contributed by atoms with Crippen LogP contribution in [0.2, 0.25) is 0 Å². The summed E-state index contributed by atoms with van der Waals surface area (Å²) in [7, 11) is -1.24. The smallest absolute Gasteiger partial charge is 0.481 e. The zero-order valence-corrected chi connectivity index (χ0v) is 16.8. The van der Waals surface area contributed by atoms with Gasteiger partial charge in [-0.3, -0.25) is 19.2 Å². The second kappa shape index (κ2) is 10.2. The van der Waals surface area contributed by atoms with Crippen molar-refractivity contribution in [3.05, 3.63) is 34.1 Å². The first kappa shape index (κ1) is 23.3. The van der Waals surface area contributed by atoms with Crippen LogP contribution >= 0.6 is 15.9 Å². The lowest BCUT2D eigenvalue weighted by Crippen LogP contribution is -2.52. The molecule has 30 heavy (non-hydrogen) atoms. The molecule has 0 fully saturated rings. The molecular formula is C16H16BBrFN3O8. The van der Waals surface area contributed by atoms with Gasteiger partial charge in [-0.2, -0.15) is 0 Å². The predicted octanol–water partition coefficient (Wildman–Crippen LogP) is 0.182. The van der Waals surface area contributed by atoms with Gasteiger partial charge in [-0.05, 0) is 34.1 Å². The second-order valence-corrected chi connectivity index (χ2v) is 7.06. The second-order valence-electron chi connectivity index (χ2n) is 6.20. The number of nitrogens with zero attached hydrogens (tertiary/aromatic N) is 1. The number of carboxylic acids is 2. The first-order valence-electron chi connectivity index (χ1n) is 8.42. The molecule has 0 saturated carbocycles. The summed E-state index contributed by atoms with van der Waals surface area (Å²) in [5.74, 6) is -4.57. The maximum Gasteiger partial charge on any atom is 0.570 e. The Labute approximate surface area is 177 Å². The van der Waals surface area contributed by atoms with Gasteiger partial charge in [-0.1, -0.05) is 0 Å². The SMILES string of the molecule is O=C(O)CC1(CC(=O)O)C=NOB(CNC(=O)CNC(=O)c2cc(F)ccc2Br)O1. The maximum atomic E-state index is 13.3. The van der Waals surface area contributed by atoms with Crippen LogP contribution in [0.5, 0.6) is 0 Å². The number of halogens is 2. The number of nitrogens with one attached hydrogen (secondary N) is 2. The number of benzene rings is 1. The zero-order chi connectivity index (χ0) is 22.3. The highest BCUT2D eigenvalue weighted by Crippen LogP contribution is 2.24. The van der Waals surface area contributed by atoms with Gasteiger partial charge in [0, 0.05) is 4.47 Å². The Morgan fingerprint density at radius 2 is 1.83 bits per heavy atom. The summed E-state index contributed by atoms with van der Waals surface area (Å²) in [6.07, 6.45) is -0.689. The van der Waals surface area contributed by atoms with Gasteiger partial charge in [0.15, 0.2) is 0 Å². The van der Waals surface area contributed by atoms with E-state index in [1.165, 1.54) is 6.07 Å². The van der Waals surface area contributed by atoms with Crippen molar-refractivity contribution in [2.45, 2.75) is 18.4 Å². The molecular weight excluding hydrogens is 472 g/mol. The van der Waals surface area contributed by atoms with Gasteiger partial charge in [0.1, 0.15) is 11.4 Å². The van der Waals surface area contributed by atoms with Crippen LogP contribution in [-0.4, -0.2) is 65.9 Å². The molecule has 14 heteroatoms. The maximum absolute atomic E-state index is 13.3. The lowest BCUT2D eigenvalue weighted by Gasteiger charge is -2.32. The molecule has 0 spiro atoms. The number of hydrogen-bond donors (Lipinski definition) is 4. The Bertz CT molecular complexity index is 868. The molecule has 1 heterocycles. The summed E-state index contributed by atoms with van der Waals surface area (Å²) < 4.78 is 23.9. The minimum atomic E-state index is -1.73. The highest BCUT2D eigenvalue weighted by atomic mass is 79.9. The van der Waals surface area contributed by atoms with E-state index in [1.54, 1.807) is 0 Å². The van der Waals surface area contributed by atoms with E-state index in [1.807, 2.05) is 0 Å². The normalized spacial score (nSPS) is 14.5. The molecule has 1 aromatic carbocycles. The van der Waals surface area contributed by atoms with Crippen LogP contribution in [0.15, 0.2) is 27.8 Å². The number of amides is 2. The van der Waals surface area contributed by atoms with Gasteiger partial charge in [-0.15, -0.1) is 5.16 Å². The van der Waals surface area contributed by atoms with Gasteiger partial charge in [0.05, 0.1) is 37.6 Å². The van der Waals surface area contributed by atoms with E-state index < -0.39 is 61.7 Å². The molecule has 0 bridgehead atoms. The Balaban J connectivity index is 1.87. The van der Waals surface area contributed by atoms with Crippen LogP contribution in [0.25, 0.3) is 0 Å². The number of aliphatic carboxylic acids is 2. The lowest BCUT2D eigenvalue weighted by molar-refractivity contribution is -0.144. The number of oxime groups is 1. The minimum absolute atomic E-state index is 0.00297. The summed E-state index contributed by atoms with van der Waals surface area (Å²) in [5.41, 5.74) is -1.73. The Hall–Kier alpha value is -3.00. The lowest BCUT2D eigenvalue weighted by atomic mass is 9.85. The van der Waals surface area contributed by atoms with Crippen molar-refractivity contribution >= 4 is 53.0 Å². The van der Waals surface area contributed by atoms with Gasteiger partial charge in [0.2, 0.25) is 5.91 Å². The minimum Gasteiger partial charge on any atom is -0.481 e. The number of rotatable bonds is 9. The standard InChI is InChI=1S/C16H16BBrFN3O8/c18-11-2-1-9(19)3-10(11)15(28)20-6-12(23)21-8-17-29-16(4-13(24)25,5-14(26)27)7-22-30-17/h1-3,7H,4-6,8H2,(H,20,28)(H,21,23)(H,24,25)(H,26,27). The molecule has 2 amide bonds. The molecule has 0 saturated heterocycles. The first-order valence-corrected chi connectivity index (χ1v) is 9.21. The molecule has 0 unspecified atom stereocenters. The van der Waals surface area contributed by atoms with Crippen molar-refractivity contribution in [2.75, 3.05) is 13.0 Å². The topological polar surface area (TPSA) is 164 Å². The fourth-order valence-corrected chi connectivity index (χ4v) is 2.95. The Morgan fingerprint density at radius 3 is 2.47 bits per heavy atom.